The summed E-state index contributed by atoms with van der Waals surface area (Å²) in [5.41, 5.74) is 19.3. The average molecular weight is 882 g/mol. The predicted molar refractivity (Wildman–Crippen MR) is 295 cm³/mol. The third kappa shape index (κ3) is 5.55. The van der Waals surface area contributed by atoms with E-state index in [1.165, 1.54) is 132 Å². The lowest BCUT2D eigenvalue weighted by molar-refractivity contribution is 0.590. The van der Waals surface area contributed by atoms with Crippen LogP contribution in [-0.2, 0) is 21.7 Å². The van der Waals surface area contributed by atoms with E-state index in [2.05, 4.69) is 243 Å². The summed E-state index contributed by atoms with van der Waals surface area (Å²) in [4.78, 5) is 2.73. The molecule has 4 heterocycles. The monoisotopic (exact) mass is 881 g/mol. The summed E-state index contributed by atoms with van der Waals surface area (Å²) in [5, 5.41) is 11.9. The van der Waals surface area contributed by atoms with Crippen molar-refractivity contribution >= 4 is 100.0 Å². The summed E-state index contributed by atoms with van der Waals surface area (Å²) >= 11 is 0. The molecule has 0 atom stereocenters. The van der Waals surface area contributed by atoms with Crippen molar-refractivity contribution in [3.8, 4) is 16.8 Å². The maximum Gasteiger partial charge on any atom is 0.351 e. The number of aromatic nitrogens is 2. The number of benzene rings is 9. The zero-order chi connectivity index (χ0) is 47.1. The van der Waals surface area contributed by atoms with Crippen molar-refractivity contribution in [3.63, 3.8) is 0 Å². The summed E-state index contributed by atoms with van der Waals surface area (Å²) in [6.07, 6.45) is 0. The van der Waals surface area contributed by atoms with Crippen molar-refractivity contribution in [2.24, 2.45) is 0 Å². The molecule has 4 heteroatoms. The van der Waals surface area contributed by atoms with Crippen LogP contribution in [0.1, 0.15) is 105 Å². The van der Waals surface area contributed by atoms with Crippen molar-refractivity contribution in [3.05, 3.63) is 168 Å². The van der Waals surface area contributed by atoms with Gasteiger partial charge in [-0.3, -0.25) is 0 Å². The quantitative estimate of drug-likeness (QED) is 0.125. The van der Waals surface area contributed by atoms with Crippen LogP contribution in [0.3, 0.4) is 0 Å². The minimum absolute atomic E-state index is 0.0128. The highest BCUT2D eigenvalue weighted by Crippen LogP contribution is 2.55. The molecular formula is C64H60BN3. The van der Waals surface area contributed by atoms with Crippen LogP contribution in [0.4, 0.5) is 17.1 Å². The minimum Gasteiger partial charge on any atom is -0.374 e. The molecule has 2 aromatic heterocycles. The first-order valence-corrected chi connectivity index (χ1v) is 24.8. The molecule has 334 valence electrons. The maximum absolute atomic E-state index is 2.78. The molecule has 9 aromatic carbocycles. The van der Waals surface area contributed by atoms with Gasteiger partial charge in [0.05, 0.1) is 16.9 Å². The highest BCUT2D eigenvalue weighted by Gasteiger charge is 2.49. The third-order valence-corrected chi connectivity index (χ3v) is 15.7. The third-order valence-electron chi connectivity index (χ3n) is 15.7. The van der Waals surface area contributed by atoms with Crippen molar-refractivity contribution in [2.75, 3.05) is 4.90 Å². The number of hydrogen-bond acceptors (Lipinski definition) is 1. The Morgan fingerprint density at radius 3 is 1.74 bits per heavy atom. The van der Waals surface area contributed by atoms with Gasteiger partial charge in [-0.2, -0.15) is 0 Å². The summed E-state index contributed by atoms with van der Waals surface area (Å²) in [5.74, 6) is 0. The molecule has 0 bridgehead atoms. The number of hydrogen-bond donors (Lipinski definition) is 0. The fourth-order valence-electron chi connectivity index (χ4n) is 12.4. The van der Waals surface area contributed by atoms with Gasteiger partial charge >= 0.3 is 6.85 Å². The van der Waals surface area contributed by atoms with Gasteiger partial charge in [-0.05, 0) is 125 Å². The van der Waals surface area contributed by atoms with E-state index in [4.69, 9.17) is 0 Å². The van der Waals surface area contributed by atoms with Gasteiger partial charge in [0.1, 0.15) is 0 Å². The van der Waals surface area contributed by atoms with E-state index in [9.17, 15) is 0 Å². The fourth-order valence-corrected chi connectivity index (χ4v) is 12.4. The Balaban J connectivity index is 1.34. The van der Waals surface area contributed by atoms with E-state index in [1.807, 2.05) is 0 Å². The second-order valence-electron chi connectivity index (χ2n) is 24.2. The average Bonchev–Trinajstić information content (AvgIpc) is 3.82. The van der Waals surface area contributed by atoms with Crippen LogP contribution in [0.25, 0.3) is 81.8 Å². The largest absolute Gasteiger partial charge is 0.374 e. The van der Waals surface area contributed by atoms with E-state index in [0.717, 1.165) is 0 Å². The zero-order valence-corrected chi connectivity index (χ0v) is 41.8. The summed E-state index contributed by atoms with van der Waals surface area (Å²) < 4.78 is 5.39. The predicted octanol–water partition coefficient (Wildman–Crippen LogP) is 16.2. The summed E-state index contributed by atoms with van der Waals surface area (Å²) in [6.45, 7) is 28.2. The van der Waals surface area contributed by atoms with Crippen LogP contribution < -0.4 is 16.0 Å². The molecular weight excluding hydrogens is 822 g/mol. The van der Waals surface area contributed by atoms with E-state index in [1.54, 1.807) is 0 Å². The Labute approximate surface area is 401 Å². The van der Waals surface area contributed by atoms with Crippen LogP contribution >= 0.6 is 0 Å². The SMILES string of the molecule is CC(C)(C)c1cc2ccc3c4c5c(c6ccc(c1)c2c36)N(c1ccccc1C(C)(C)C)c1c(n(-c2ccccc2)c2ccccc12)B5n1c2ccc(C(C)(C)C)cc2c2cc(C(C)(C)C)cc-4c21. The highest BCUT2D eigenvalue weighted by molar-refractivity contribution is 6.91. The molecule has 11 aromatic rings. The number of fused-ring (bicyclic) bond motifs is 11. The van der Waals surface area contributed by atoms with Gasteiger partial charge < -0.3 is 13.9 Å². The smallest absolute Gasteiger partial charge is 0.351 e. The number of para-hydroxylation sites is 3. The first kappa shape index (κ1) is 41.4. The number of rotatable bonds is 2. The normalized spacial score (nSPS) is 14.1. The van der Waals surface area contributed by atoms with E-state index >= 15 is 0 Å². The Kier molecular flexibility index (Phi) is 8.20. The van der Waals surface area contributed by atoms with Crippen LogP contribution in [0.5, 0.6) is 0 Å². The Morgan fingerprint density at radius 1 is 0.426 bits per heavy atom. The topological polar surface area (TPSA) is 13.1 Å². The molecule has 13 rings (SSSR count). The molecule has 0 unspecified atom stereocenters. The molecule has 0 aliphatic carbocycles. The van der Waals surface area contributed by atoms with Crippen LogP contribution in [-0.4, -0.2) is 15.9 Å². The van der Waals surface area contributed by atoms with Gasteiger partial charge in [0.15, 0.2) is 0 Å². The number of nitrogens with zero attached hydrogens (tertiary/aromatic N) is 3. The lowest BCUT2D eigenvalue weighted by atomic mass is 9.46. The number of anilines is 3. The molecule has 0 spiro atoms. The first-order valence-electron chi connectivity index (χ1n) is 24.8. The van der Waals surface area contributed by atoms with E-state index in [0.29, 0.717) is 0 Å². The van der Waals surface area contributed by atoms with Gasteiger partial charge in [0.25, 0.3) is 0 Å². The molecule has 68 heavy (non-hydrogen) atoms. The Bertz CT molecular complexity index is 3930. The maximum atomic E-state index is 2.78. The van der Waals surface area contributed by atoms with Crippen LogP contribution in [0, 0.1) is 0 Å². The summed E-state index contributed by atoms with van der Waals surface area (Å²) in [6, 6.07) is 56.9. The van der Waals surface area contributed by atoms with Gasteiger partial charge in [0, 0.05) is 60.5 Å². The zero-order valence-electron chi connectivity index (χ0n) is 41.8. The molecule has 0 fully saturated rings. The molecule has 0 saturated carbocycles. The molecule has 3 nitrogen and oxygen atoms in total. The highest BCUT2D eigenvalue weighted by atomic mass is 15.2. The molecule has 0 radical (unpaired) electrons. The minimum atomic E-state index is -0.163. The lowest BCUT2D eigenvalue weighted by Crippen LogP contribution is -2.58. The fraction of sp³-hybridized carbons (Fsp3) is 0.250. The van der Waals surface area contributed by atoms with Crippen LogP contribution in [0.15, 0.2) is 146 Å². The molecule has 0 amide bonds. The van der Waals surface area contributed by atoms with E-state index < -0.39 is 0 Å². The van der Waals surface area contributed by atoms with Crippen molar-refractivity contribution < 1.29 is 0 Å². The Hall–Kier alpha value is -6.78. The Morgan fingerprint density at radius 2 is 1.04 bits per heavy atom. The lowest BCUT2D eigenvalue weighted by Gasteiger charge is -2.43. The summed E-state index contributed by atoms with van der Waals surface area (Å²) in [7, 11) is 0. The first-order chi connectivity index (χ1) is 32.3. The van der Waals surface area contributed by atoms with Crippen molar-refractivity contribution in [1.29, 1.82) is 0 Å². The second-order valence-corrected chi connectivity index (χ2v) is 24.2. The van der Waals surface area contributed by atoms with Crippen LogP contribution in [0.2, 0.25) is 0 Å². The molecule has 0 N–H and O–H groups in total. The van der Waals surface area contributed by atoms with Crippen molar-refractivity contribution in [2.45, 2.75) is 105 Å². The van der Waals surface area contributed by atoms with Gasteiger partial charge in [-0.15, -0.1) is 0 Å². The van der Waals surface area contributed by atoms with Gasteiger partial charge in [0.2, 0.25) is 0 Å². The molecule has 0 saturated heterocycles. The molecule has 2 aliphatic heterocycles. The van der Waals surface area contributed by atoms with Gasteiger partial charge in [-0.1, -0.05) is 180 Å². The van der Waals surface area contributed by atoms with Gasteiger partial charge in [-0.25, -0.2) is 0 Å². The van der Waals surface area contributed by atoms with Crippen molar-refractivity contribution in [1.82, 2.24) is 9.05 Å². The molecule has 2 aliphatic rings. The van der Waals surface area contributed by atoms with E-state index in [-0.39, 0.29) is 28.5 Å². The second kappa shape index (κ2) is 13.5. The standard InChI is InChI=1S/C64H60BN3/c1-61(2,3)39-28-31-51-46(34-39)47-35-41(63(7,8)9)36-48-55-44-29-26-37-32-40(62(4,5)6)33-38-27-30-45(54(44)53(37)38)58-56(55)65(68(51)57(47)48)60-59(67(58)52-25-19-17-23-49(52)64(10,11)12)43-22-16-18-24-50(43)66(60)42-20-14-13-15-21-42/h13-36H,1-12H3.